The number of nitrogens with zero attached hydrogens (tertiary/aromatic N) is 1. The van der Waals surface area contributed by atoms with E-state index in [1.165, 1.54) is 12.7 Å². The van der Waals surface area contributed by atoms with Crippen molar-refractivity contribution in [3.05, 3.63) is 29.8 Å². The normalized spacial score (nSPS) is 13.2. The van der Waals surface area contributed by atoms with Crippen LogP contribution < -0.4 is 10.6 Å². The molecule has 178 valence electrons. The number of ether oxygens (including phenoxy) is 1. The van der Waals surface area contributed by atoms with Gasteiger partial charge in [0.1, 0.15) is 0 Å². The Morgan fingerprint density at radius 1 is 1.09 bits per heavy atom. The fraction of sp³-hybridized carbons (Fsp3) is 0.583. The van der Waals surface area contributed by atoms with E-state index in [1.807, 2.05) is 30.0 Å². The summed E-state index contributed by atoms with van der Waals surface area (Å²) in [5.41, 5.74) is 7.03. The topological polar surface area (TPSA) is 127 Å². The first kappa shape index (κ1) is 27.1. The summed E-state index contributed by atoms with van der Waals surface area (Å²) in [6, 6.07) is 8.05. The molecular weight excluding hydrogens is 412 g/mol. The van der Waals surface area contributed by atoms with Crippen LogP contribution in [0.1, 0.15) is 70.3 Å². The molecule has 0 saturated carbocycles. The zero-order chi connectivity index (χ0) is 23.9. The molecule has 1 atom stereocenters. The quantitative estimate of drug-likeness (QED) is 0.303. The Bertz CT molecular complexity index is 765. The molecule has 1 aliphatic rings. The minimum absolute atomic E-state index is 0.148. The molecule has 0 bridgehead atoms. The lowest BCUT2D eigenvalue weighted by atomic mass is 9.99. The predicted octanol–water partition coefficient (Wildman–Crippen LogP) is 3.45. The van der Waals surface area contributed by atoms with Gasteiger partial charge in [0.15, 0.2) is 5.92 Å². The highest BCUT2D eigenvalue weighted by molar-refractivity contribution is 5.94. The van der Waals surface area contributed by atoms with Crippen molar-refractivity contribution < 1.29 is 29.0 Å². The van der Waals surface area contributed by atoms with E-state index in [0.717, 1.165) is 50.8 Å². The number of nitrogens with two attached hydrogens (primary N) is 1. The Morgan fingerprint density at radius 2 is 1.78 bits per heavy atom. The number of fused-ring (bicyclic) bond motifs is 1. The van der Waals surface area contributed by atoms with Crippen molar-refractivity contribution in [2.24, 2.45) is 11.7 Å². The Morgan fingerprint density at radius 3 is 2.38 bits per heavy atom. The van der Waals surface area contributed by atoms with Crippen LogP contribution in [-0.4, -0.2) is 42.5 Å². The smallest absolute Gasteiger partial charge is 0.320 e. The first-order valence-corrected chi connectivity index (χ1v) is 11.3. The number of esters is 1. The molecule has 32 heavy (non-hydrogen) atoms. The number of carbonyl (C=O) groups is 4. The van der Waals surface area contributed by atoms with Gasteiger partial charge in [0.2, 0.25) is 11.8 Å². The number of rotatable bonds is 11. The molecule has 3 N–H and O–H groups in total. The number of carboxylic acid groups (broad SMARTS) is 1. The van der Waals surface area contributed by atoms with Gasteiger partial charge in [-0.2, -0.15) is 0 Å². The average Bonchev–Trinajstić information content (AvgIpc) is 2.77. The molecule has 1 aromatic rings. The second-order valence-electron chi connectivity index (χ2n) is 7.86. The van der Waals surface area contributed by atoms with E-state index in [0.29, 0.717) is 19.3 Å². The minimum Gasteiger partial charge on any atom is -0.481 e. The van der Waals surface area contributed by atoms with Crippen molar-refractivity contribution in [3.63, 3.8) is 0 Å². The van der Waals surface area contributed by atoms with E-state index in [-0.39, 0.29) is 18.2 Å². The number of methoxy groups -OCH3 is 1. The fourth-order valence-corrected chi connectivity index (χ4v) is 3.64. The van der Waals surface area contributed by atoms with Gasteiger partial charge in [-0.05, 0) is 43.7 Å². The van der Waals surface area contributed by atoms with Crippen LogP contribution in [0.3, 0.4) is 0 Å². The van der Waals surface area contributed by atoms with Crippen LogP contribution in [0.4, 0.5) is 5.69 Å². The maximum absolute atomic E-state index is 12.5. The van der Waals surface area contributed by atoms with Gasteiger partial charge in [0.25, 0.3) is 0 Å². The largest absolute Gasteiger partial charge is 0.481 e. The molecule has 1 aliphatic heterocycles. The van der Waals surface area contributed by atoms with Crippen molar-refractivity contribution >= 4 is 29.4 Å². The maximum atomic E-state index is 12.5. The number of hydrogen-bond donors (Lipinski definition) is 2. The predicted molar refractivity (Wildman–Crippen MR) is 122 cm³/mol. The number of aliphatic carboxylic acids is 1. The van der Waals surface area contributed by atoms with Gasteiger partial charge in [-0.1, -0.05) is 44.4 Å². The first-order chi connectivity index (χ1) is 15.3. The third kappa shape index (κ3) is 9.49. The van der Waals surface area contributed by atoms with Gasteiger partial charge >= 0.3 is 11.9 Å². The van der Waals surface area contributed by atoms with Crippen molar-refractivity contribution in [1.29, 1.82) is 0 Å². The van der Waals surface area contributed by atoms with Crippen molar-refractivity contribution in [3.8, 4) is 0 Å². The summed E-state index contributed by atoms with van der Waals surface area (Å²) in [4.78, 5) is 46.6. The Balaban J connectivity index is 0.000000751. The zero-order valence-corrected chi connectivity index (χ0v) is 19.2. The molecule has 0 fully saturated rings. The summed E-state index contributed by atoms with van der Waals surface area (Å²) in [7, 11) is 1.20. The number of amides is 2. The third-order valence-corrected chi connectivity index (χ3v) is 5.32. The van der Waals surface area contributed by atoms with Gasteiger partial charge in [-0.25, -0.2) is 0 Å². The van der Waals surface area contributed by atoms with Gasteiger partial charge < -0.3 is 20.5 Å². The van der Waals surface area contributed by atoms with Gasteiger partial charge in [0.05, 0.1) is 7.11 Å². The van der Waals surface area contributed by atoms with Crippen LogP contribution >= 0.6 is 0 Å². The van der Waals surface area contributed by atoms with Crippen molar-refractivity contribution in [2.45, 2.75) is 71.1 Å². The number of carbonyl (C=O) groups excluding carboxylic acids is 3. The molecule has 1 aromatic carbocycles. The number of para-hydroxylation sites is 1. The minimum atomic E-state index is -1.14. The van der Waals surface area contributed by atoms with Crippen molar-refractivity contribution in [2.75, 3.05) is 18.6 Å². The van der Waals surface area contributed by atoms with Crippen LogP contribution in [-0.2, 0) is 30.3 Å². The molecule has 0 aromatic heterocycles. The molecule has 0 saturated heterocycles. The molecule has 1 heterocycles. The second-order valence-corrected chi connectivity index (χ2v) is 7.86. The number of aryl methyl sites for hydroxylation is 1. The summed E-state index contributed by atoms with van der Waals surface area (Å²) < 4.78 is 4.51. The van der Waals surface area contributed by atoms with Gasteiger partial charge in [0, 0.05) is 25.1 Å². The molecule has 2 rings (SSSR count). The third-order valence-electron chi connectivity index (χ3n) is 5.32. The highest BCUT2D eigenvalue weighted by Crippen LogP contribution is 2.27. The van der Waals surface area contributed by atoms with Crippen molar-refractivity contribution in [1.82, 2.24) is 0 Å². The number of anilines is 1. The maximum Gasteiger partial charge on any atom is 0.320 e. The standard InChI is InChI=1S/C20H27NO5.C4H9NO/c1-26-20(25)16(19(23)24)11-4-2-3-5-13-18(22)21-14-8-10-15-9-6-7-12-17(15)21;1-2-3-4(5)6/h6-7,9,12,16H,2-5,8,10-11,13-14H2,1H3,(H,23,24);2-3H2,1H3,(H2,5,6)/t16-;/m0./s1. The summed E-state index contributed by atoms with van der Waals surface area (Å²) in [6.07, 6.45) is 7.19. The molecule has 8 heteroatoms. The summed E-state index contributed by atoms with van der Waals surface area (Å²) in [6.45, 7) is 2.69. The molecule has 0 spiro atoms. The van der Waals surface area contributed by atoms with Crippen LogP contribution in [0, 0.1) is 5.92 Å². The second kappa shape index (κ2) is 15.0. The van der Waals surface area contributed by atoms with Crippen LogP contribution in [0.15, 0.2) is 24.3 Å². The number of benzene rings is 1. The number of unbranched alkanes of at least 4 members (excludes halogenated alkanes) is 3. The molecular formula is C24H36N2O6. The number of primary amides is 1. The first-order valence-electron chi connectivity index (χ1n) is 11.3. The monoisotopic (exact) mass is 448 g/mol. The van der Waals surface area contributed by atoms with E-state index < -0.39 is 17.9 Å². The Labute approximate surface area is 190 Å². The number of carboxylic acids is 1. The highest BCUT2D eigenvalue weighted by Gasteiger charge is 2.26. The van der Waals surface area contributed by atoms with Crippen LogP contribution in [0.25, 0.3) is 0 Å². The molecule has 0 aliphatic carbocycles. The summed E-state index contributed by atoms with van der Waals surface area (Å²) >= 11 is 0. The van der Waals surface area contributed by atoms with Gasteiger partial charge in [-0.3, -0.25) is 19.2 Å². The Hall–Kier alpha value is -2.90. The van der Waals surface area contributed by atoms with Crippen LogP contribution in [0.5, 0.6) is 0 Å². The highest BCUT2D eigenvalue weighted by atomic mass is 16.5. The van der Waals surface area contributed by atoms with Crippen LogP contribution in [0.2, 0.25) is 0 Å². The van der Waals surface area contributed by atoms with E-state index >= 15 is 0 Å². The lowest BCUT2D eigenvalue weighted by molar-refractivity contribution is -0.157. The lowest BCUT2D eigenvalue weighted by Gasteiger charge is -2.29. The molecule has 0 unspecified atom stereocenters. The van der Waals surface area contributed by atoms with E-state index in [4.69, 9.17) is 10.8 Å². The molecule has 8 nitrogen and oxygen atoms in total. The summed E-state index contributed by atoms with van der Waals surface area (Å²) in [5, 5.41) is 9.02. The Kier molecular flexibility index (Phi) is 12.7. The van der Waals surface area contributed by atoms with E-state index in [9.17, 15) is 19.2 Å². The zero-order valence-electron chi connectivity index (χ0n) is 19.2. The molecule has 0 radical (unpaired) electrons. The number of hydrogen-bond acceptors (Lipinski definition) is 5. The lowest BCUT2D eigenvalue weighted by Crippen LogP contribution is -2.35. The van der Waals surface area contributed by atoms with Gasteiger partial charge in [-0.15, -0.1) is 0 Å². The fourth-order valence-electron chi connectivity index (χ4n) is 3.64. The van der Waals surface area contributed by atoms with E-state index in [2.05, 4.69) is 10.8 Å². The van der Waals surface area contributed by atoms with E-state index in [1.54, 1.807) is 0 Å². The average molecular weight is 449 g/mol. The summed E-state index contributed by atoms with van der Waals surface area (Å²) in [5.74, 6) is -2.99. The SMILES string of the molecule is CCCC(N)=O.COC(=O)[C@@H](CCCCCCC(=O)N1CCCc2ccccc21)C(=O)O. The molecule has 2 amide bonds.